The summed E-state index contributed by atoms with van der Waals surface area (Å²) in [6, 6.07) is 9.17. The topological polar surface area (TPSA) is 130 Å². The number of aromatic nitrogens is 1. The summed E-state index contributed by atoms with van der Waals surface area (Å²) in [5, 5.41) is 21.3. The van der Waals surface area contributed by atoms with Crippen LogP contribution in [0.4, 0.5) is 4.79 Å². The number of amides is 1. The second-order valence-electron chi connectivity index (χ2n) is 5.98. The summed E-state index contributed by atoms with van der Waals surface area (Å²) in [7, 11) is 0. The second-order valence-corrected chi connectivity index (χ2v) is 5.98. The number of aromatic amines is 1. The second kappa shape index (κ2) is 10.8. The maximum Gasteiger partial charge on any atom is 0.407 e. The van der Waals surface area contributed by atoms with E-state index >= 15 is 0 Å². The number of aromatic hydroxyl groups is 2. The van der Waals surface area contributed by atoms with E-state index in [0.29, 0.717) is 6.42 Å². The van der Waals surface area contributed by atoms with Gasteiger partial charge in [0.2, 0.25) is 5.88 Å². The molecule has 0 unspecified atom stereocenters. The summed E-state index contributed by atoms with van der Waals surface area (Å²) in [4.78, 5) is 26.5. The van der Waals surface area contributed by atoms with Gasteiger partial charge in [-0.05, 0) is 12.0 Å². The molecule has 2 aromatic rings. The molecule has 0 bridgehead atoms. The van der Waals surface area contributed by atoms with Crippen molar-refractivity contribution in [2.45, 2.75) is 32.4 Å². The maximum atomic E-state index is 12.4. The fourth-order valence-corrected chi connectivity index (χ4v) is 2.20. The molecule has 9 nitrogen and oxygen atoms in total. The highest BCUT2D eigenvalue weighted by Crippen LogP contribution is 2.29. The van der Waals surface area contributed by atoms with Crippen LogP contribution in [0, 0.1) is 0 Å². The van der Waals surface area contributed by atoms with Crippen molar-refractivity contribution < 1.29 is 34.0 Å². The quantitative estimate of drug-likeness (QED) is 0.361. The SMILES string of the molecule is CCCCOC(=O)N[C@@H](COCc1ccccc1)C(=O)Oc1cc(O)[nH]c1O. The van der Waals surface area contributed by atoms with Gasteiger partial charge in [0.1, 0.15) is 0 Å². The van der Waals surface area contributed by atoms with E-state index in [1.807, 2.05) is 37.3 Å². The Hall–Kier alpha value is -3.20. The van der Waals surface area contributed by atoms with Crippen molar-refractivity contribution in [3.05, 3.63) is 42.0 Å². The Labute approximate surface area is 162 Å². The van der Waals surface area contributed by atoms with Gasteiger partial charge < -0.3 is 29.7 Å². The van der Waals surface area contributed by atoms with Crippen LogP contribution < -0.4 is 10.1 Å². The molecule has 1 amide bonds. The molecule has 0 fully saturated rings. The van der Waals surface area contributed by atoms with Gasteiger partial charge in [0.15, 0.2) is 17.7 Å². The van der Waals surface area contributed by atoms with Crippen LogP contribution >= 0.6 is 0 Å². The molecule has 28 heavy (non-hydrogen) atoms. The fourth-order valence-electron chi connectivity index (χ4n) is 2.20. The van der Waals surface area contributed by atoms with E-state index in [2.05, 4.69) is 10.3 Å². The van der Waals surface area contributed by atoms with Gasteiger partial charge in [-0.15, -0.1) is 0 Å². The van der Waals surface area contributed by atoms with Crippen LogP contribution in [0.2, 0.25) is 0 Å². The lowest BCUT2D eigenvalue weighted by Gasteiger charge is -2.17. The van der Waals surface area contributed by atoms with Crippen LogP contribution in [0.1, 0.15) is 25.3 Å². The van der Waals surface area contributed by atoms with Gasteiger partial charge in [-0.2, -0.15) is 0 Å². The lowest BCUT2D eigenvalue weighted by molar-refractivity contribution is -0.138. The molecular formula is C19H24N2O7. The van der Waals surface area contributed by atoms with E-state index < -0.39 is 24.0 Å². The Morgan fingerprint density at radius 3 is 2.61 bits per heavy atom. The highest BCUT2D eigenvalue weighted by atomic mass is 16.6. The molecule has 0 aliphatic heterocycles. The number of rotatable bonds is 10. The molecule has 1 aromatic heterocycles. The van der Waals surface area contributed by atoms with E-state index in [4.69, 9.17) is 14.2 Å². The molecule has 0 saturated carbocycles. The largest absolute Gasteiger partial charge is 0.494 e. The number of benzene rings is 1. The van der Waals surface area contributed by atoms with Crippen molar-refractivity contribution in [2.75, 3.05) is 13.2 Å². The summed E-state index contributed by atoms with van der Waals surface area (Å²) >= 11 is 0. The maximum absolute atomic E-state index is 12.4. The first-order valence-electron chi connectivity index (χ1n) is 8.87. The molecule has 152 valence electrons. The molecule has 2 rings (SSSR count). The number of unbranched alkanes of at least 4 members (excludes halogenated alkanes) is 1. The number of alkyl carbamates (subject to hydrolysis) is 1. The van der Waals surface area contributed by atoms with Crippen molar-refractivity contribution in [2.24, 2.45) is 0 Å². The van der Waals surface area contributed by atoms with Gasteiger partial charge in [-0.1, -0.05) is 43.7 Å². The molecule has 4 N–H and O–H groups in total. The average Bonchev–Trinajstić information content (AvgIpc) is 2.98. The minimum atomic E-state index is -1.17. The van der Waals surface area contributed by atoms with Crippen LogP contribution in [-0.2, 0) is 20.9 Å². The number of hydrogen-bond donors (Lipinski definition) is 4. The zero-order valence-electron chi connectivity index (χ0n) is 15.5. The standard InChI is InChI=1S/C19H24N2O7/c1-2-3-9-27-19(25)20-14(12-26-11-13-7-5-4-6-8-13)18(24)28-15-10-16(22)21-17(15)23/h4-8,10,14,21-23H,2-3,9,11-12H2,1H3,(H,20,25)/t14-/m0/s1. The summed E-state index contributed by atoms with van der Waals surface area (Å²) < 4.78 is 15.5. The number of carbonyl (C=O) groups excluding carboxylic acids is 2. The third-order valence-electron chi connectivity index (χ3n) is 3.66. The molecule has 0 spiro atoms. The Bertz CT molecular complexity index is 761. The molecule has 1 aromatic carbocycles. The predicted octanol–water partition coefficient (Wildman–Crippen LogP) is 2.44. The number of esters is 1. The summed E-state index contributed by atoms with van der Waals surface area (Å²) in [6.45, 7) is 2.24. The van der Waals surface area contributed by atoms with E-state index in [-0.39, 0.29) is 31.5 Å². The Morgan fingerprint density at radius 2 is 1.96 bits per heavy atom. The third-order valence-corrected chi connectivity index (χ3v) is 3.66. The minimum Gasteiger partial charge on any atom is -0.494 e. The van der Waals surface area contributed by atoms with Gasteiger partial charge in [-0.25, -0.2) is 9.59 Å². The normalized spacial score (nSPS) is 11.6. The van der Waals surface area contributed by atoms with Crippen LogP contribution in [0.3, 0.4) is 0 Å². The zero-order valence-corrected chi connectivity index (χ0v) is 15.5. The van der Waals surface area contributed by atoms with Crippen molar-refractivity contribution in [1.29, 1.82) is 0 Å². The average molecular weight is 392 g/mol. The molecular weight excluding hydrogens is 368 g/mol. The third kappa shape index (κ3) is 6.84. The van der Waals surface area contributed by atoms with Crippen molar-refractivity contribution in [3.63, 3.8) is 0 Å². The first-order valence-corrected chi connectivity index (χ1v) is 8.87. The highest BCUT2D eigenvalue weighted by molar-refractivity contribution is 5.83. The smallest absolute Gasteiger partial charge is 0.407 e. The van der Waals surface area contributed by atoms with Gasteiger partial charge in [0.25, 0.3) is 0 Å². The fraction of sp³-hybridized carbons (Fsp3) is 0.368. The van der Waals surface area contributed by atoms with E-state index in [1.165, 1.54) is 0 Å². The van der Waals surface area contributed by atoms with Crippen molar-refractivity contribution in [1.82, 2.24) is 10.3 Å². The molecule has 0 saturated heterocycles. The van der Waals surface area contributed by atoms with E-state index in [0.717, 1.165) is 18.1 Å². The number of H-pyrrole nitrogens is 1. The molecule has 0 radical (unpaired) electrons. The number of carbonyl (C=O) groups is 2. The van der Waals surface area contributed by atoms with E-state index in [1.54, 1.807) is 0 Å². The molecule has 1 heterocycles. The first kappa shape index (κ1) is 21.1. The summed E-state index contributed by atoms with van der Waals surface area (Å²) in [5.74, 6) is -2.03. The predicted molar refractivity (Wildman–Crippen MR) is 99.0 cm³/mol. The van der Waals surface area contributed by atoms with Gasteiger partial charge in [0.05, 0.1) is 19.8 Å². The molecule has 0 aliphatic rings. The van der Waals surface area contributed by atoms with Crippen LogP contribution in [0.15, 0.2) is 36.4 Å². The van der Waals surface area contributed by atoms with Gasteiger partial charge >= 0.3 is 12.1 Å². The monoisotopic (exact) mass is 392 g/mol. The van der Waals surface area contributed by atoms with Crippen molar-refractivity contribution in [3.8, 4) is 17.5 Å². The zero-order chi connectivity index (χ0) is 20.4. The first-order chi connectivity index (χ1) is 13.5. The summed E-state index contributed by atoms with van der Waals surface area (Å²) in [5.41, 5.74) is 0.897. The van der Waals surface area contributed by atoms with E-state index in [9.17, 15) is 19.8 Å². The lowest BCUT2D eigenvalue weighted by atomic mass is 10.2. The van der Waals surface area contributed by atoms with Crippen LogP contribution in [-0.4, -0.2) is 46.5 Å². The van der Waals surface area contributed by atoms with Crippen LogP contribution in [0.5, 0.6) is 17.5 Å². The molecule has 1 atom stereocenters. The van der Waals surface area contributed by atoms with Gasteiger partial charge in [-0.3, -0.25) is 4.98 Å². The Balaban J connectivity index is 1.96. The highest BCUT2D eigenvalue weighted by Gasteiger charge is 2.25. The minimum absolute atomic E-state index is 0.173. The molecule has 0 aliphatic carbocycles. The molecule has 9 heteroatoms. The number of ether oxygens (including phenoxy) is 3. The lowest BCUT2D eigenvalue weighted by Crippen LogP contribution is -2.46. The van der Waals surface area contributed by atoms with Crippen molar-refractivity contribution >= 4 is 12.1 Å². The Kier molecular flexibility index (Phi) is 8.16. The summed E-state index contributed by atoms with van der Waals surface area (Å²) in [6.07, 6.45) is 0.776. The van der Waals surface area contributed by atoms with Crippen LogP contribution in [0.25, 0.3) is 0 Å². The number of nitrogens with one attached hydrogen (secondary N) is 2. The van der Waals surface area contributed by atoms with Gasteiger partial charge in [0, 0.05) is 6.07 Å². The Morgan fingerprint density at radius 1 is 1.21 bits per heavy atom. The number of hydrogen-bond acceptors (Lipinski definition) is 7.